The Morgan fingerprint density at radius 2 is 2.12 bits per heavy atom. The first-order valence-corrected chi connectivity index (χ1v) is 7.79. The van der Waals surface area contributed by atoms with Crippen molar-refractivity contribution in [1.29, 1.82) is 0 Å². The Labute approximate surface area is 112 Å². The third-order valence-corrected chi connectivity index (χ3v) is 5.01. The van der Waals surface area contributed by atoms with E-state index in [1.54, 1.807) is 0 Å². The van der Waals surface area contributed by atoms with E-state index in [0.29, 0.717) is 0 Å². The first-order chi connectivity index (χ1) is 8.43. The van der Waals surface area contributed by atoms with Gasteiger partial charge in [-0.05, 0) is 0 Å². The molecule has 2 aromatic rings. The normalized spacial score (nSPS) is 13.8. The van der Waals surface area contributed by atoms with E-state index in [4.69, 9.17) is 2.81 Å². The molecule has 0 saturated heterocycles. The van der Waals surface area contributed by atoms with Gasteiger partial charge in [0.15, 0.2) is 0 Å². The Bertz CT molecular complexity index is 599. The zero-order valence-corrected chi connectivity index (χ0v) is 11.7. The zero-order valence-electron chi connectivity index (χ0n) is 9.26. The van der Waals surface area contributed by atoms with Crippen LogP contribution in [0.4, 0.5) is 0 Å². The molecule has 82 valence electrons. The molecule has 0 radical (unpaired) electrons. The molecular formula is C14H11NOZr. The minimum atomic E-state index is -0.927. The summed E-state index contributed by atoms with van der Waals surface area (Å²) in [6, 6.07) is 10.1. The summed E-state index contributed by atoms with van der Waals surface area (Å²) in [5, 5.41) is 1.14. The van der Waals surface area contributed by atoms with E-state index in [-0.39, 0.29) is 0 Å². The van der Waals surface area contributed by atoms with Gasteiger partial charge in [0, 0.05) is 0 Å². The molecule has 0 spiro atoms. The van der Waals surface area contributed by atoms with E-state index in [0.717, 1.165) is 23.1 Å². The first kappa shape index (κ1) is 10.9. The number of aromatic nitrogens is 1. The van der Waals surface area contributed by atoms with Crippen molar-refractivity contribution in [3.8, 4) is 5.75 Å². The molecule has 0 saturated carbocycles. The molecule has 3 rings (SSSR count). The van der Waals surface area contributed by atoms with Gasteiger partial charge < -0.3 is 0 Å². The fourth-order valence-corrected chi connectivity index (χ4v) is 3.70. The van der Waals surface area contributed by atoms with E-state index in [9.17, 15) is 0 Å². The van der Waals surface area contributed by atoms with Crippen LogP contribution >= 0.6 is 0 Å². The second-order valence-electron chi connectivity index (χ2n) is 3.86. The number of rotatable bonds is 3. The standard InChI is InChI=1S/C9H7NO.C5H5.Zr/c11-8-5-1-3-7-4-2-6-10-9(7)8;1-2-4-5-3-1;/h1-6,11H;1-3H,4H2;/q;;+1/p-1. The van der Waals surface area contributed by atoms with Crippen LogP contribution in [0.5, 0.6) is 5.75 Å². The third-order valence-electron chi connectivity index (χ3n) is 2.66. The van der Waals surface area contributed by atoms with Crippen molar-refractivity contribution < 1.29 is 26.5 Å². The Kier molecular flexibility index (Phi) is 3.19. The first-order valence-electron chi connectivity index (χ1n) is 5.56. The van der Waals surface area contributed by atoms with Crippen molar-refractivity contribution >= 4 is 10.9 Å². The molecule has 0 fully saturated rings. The summed E-state index contributed by atoms with van der Waals surface area (Å²) < 4.78 is 7.48. The Hall–Kier alpha value is -1.21. The predicted octanol–water partition coefficient (Wildman–Crippen LogP) is 3.45. The van der Waals surface area contributed by atoms with Crippen molar-refractivity contribution in [3.63, 3.8) is 0 Å². The predicted molar refractivity (Wildman–Crippen MR) is 64.2 cm³/mol. The summed E-state index contributed by atoms with van der Waals surface area (Å²) in [6.07, 6.45) is 9.37. The average molecular weight is 300 g/mol. The summed E-state index contributed by atoms with van der Waals surface area (Å²) in [7, 11) is 0. The summed E-state index contributed by atoms with van der Waals surface area (Å²) in [6.45, 7) is 0. The van der Waals surface area contributed by atoms with Gasteiger partial charge in [0.25, 0.3) is 0 Å². The van der Waals surface area contributed by atoms with E-state index in [2.05, 4.69) is 35.3 Å². The maximum absolute atomic E-state index is 6.00. The van der Waals surface area contributed by atoms with Crippen LogP contribution in [0.15, 0.2) is 58.0 Å². The number of pyridine rings is 1. The maximum atomic E-state index is 6.00. The van der Waals surface area contributed by atoms with Crippen LogP contribution in [0.1, 0.15) is 6.42 Å². The molecule has 1 aromatic heterocycles. The minimum absolute atomic E-state index is 0.927. The van der Waals surface area contributed by atoms with Crippen molar-refractivity contribution in [2.75, 3.05) is 0 Å². The molecule has 1 aliphatic carbocycles. The summed E-state index contributed by atoms with van der Waals surface area (Å²) in [4.78, 5) is 4.39. The van der Waals surface area contributed by atoms with Crippen molar-refractivity contribution in [2.24, 2.45) is 0 Å². The second-order valence-corrected chi connectivity index (χ2v) is 6.44. The van der Waals surface area contributed by atoms with E-state index in [1.807, 2.05) is 24.4 Å². The SMILES string of the molecule is C1=CC[C]([Zr][O]c2cccc3cccnc23)=C1. The van der Waals surface area contributed by atoms with Gasteiger partial charge in [-0.1, -0.05) is 0 Å². The van der Waals surface area contributed by atoms with Gasteiger partial charge >= 0.3 is 113 Å². The van der Waals surface area contributed by atoms with Crippen LogP contribution in [-0.2, 0) is 23.7 Å². The van der Waals surface area contributed by atoms with Crippen LogP contribution in [0.25, 0.3) is 10.9 Å². The van der Waals surface area contributed by atoms with E-state index in [1.165, 1.54) is 3.28 Å². The molecule has 0 atom stereocenters. The van der Waals surface area contributed by atoms with Crippen molar-refractivity contribution in [3.05, 3.63) is 58.0 Å². The number of hydrogen-bond acceptors (Lipinski definition) is 2. The number of nitrogens with zero attached hydrogens (tertiary/aromatic N) is 1. The number of fused-ring (bicyclic) bond motifs is 1. The molecule has 0 amide bonds. The Balaban J connectivity index is 1.85. The van der Waals surface area contributed by atoms with E-state index >= 15 is 0 Å². The molecule has 0 N–H and O–H groups in total. The van der Waals surface area contributed by atoms with Gasteiger partial charge in [-0.15, -0.1) is 0 Å². The van der Waals surface area contributed by atoms with Crippen LogP contribution in [0.3, 0.4) is 0 Å². The Morgan fingerprint density at radius 1 is 1.18 bits per heavy atom. The second kappa shape index (κ2) is 4.97. The molecule has 0 aliphatic heterocycles. The van der Waals surface area contributed by atoms with Crippen molar-refractivity contribution in [1.82, 2.24) is 4.98 Å². The van der Waals surface area contributed by atoms with Gasteiger partial charge in [-0.2, -0.15) is 0 Å². The number of allylic oxidation sites excluding steroid dienone is 4. The molecule has 17 heavy (non-hydrogen) atoms. The van der Waals surface area contributed by atoms with Gasteiger partial charge in [-0.25, -0.2) is 0 Å². The zero-order chi connectivity index (χ0) is 11.5. The van der Waals surface area contributed by atoms with E-state index < -0.39 is 23.7 Å². The monoisotopic (exact) mass is 299 g/mol. The molecule has 3 heteroatoms. The summed E-state index contributed by atoms with van der Waals surface area (Å²) >= 11 is -0.927. The topological polar surface area (TPSA) is 22.1 Å². The summed E-state index contributed by atoms with van der Waals surface area (Å²) in [5.41, 5.74) is 0.974. The molecule has 1 heterocycles. The fourth-order valence-electron chi connectivity index (χ4n) is 1.80. The van der Waals surface area contributed by atoms with Gasteiger partial charge in [0.1, 0.15) is 0 Å². The number of para-hydroxylation sites is 1. The number of benzene rings is 1. The molecule has 2 nitrogen and oxygen atoms in total. The molecular weight excluding hydrogens is 289 g/mol. The molecule has 0 unspecified atom stereocenters. The average Bonchev–Trinajstić information content (AvgIpc) is 2.89. The third kappa shape index (κ3) is 2.40. The van der Waals surface area contributed by atoms with Crippen LogP contribution in [-0.4, -0.2) is 4.98 Å². The molecule has 0 bridgehead atoms. The van der Waals surface area contributed by atoms with Crippen LogP contribution in [0.2, 0.25) is 0 Å². The Morgan fingerprint density at radius 3 is 3.00 bits per heavy atom. The van der Waals surface area contributed by atoms with Gasteiger partial charge in [0.2, 0.25) is 0 Å². The quantitative estimate of drug-likeness (QED) is 0.866. The van der Waals surface area contributed by atoms with Gasteiger partial charge in [-0.3, -0.25) is 0 Å². The fraction of sp³-hybridized carbons (Fsp3) is 0.0714. The molecule has 1 aliphatic rings. The van der Waals surface area contributed by atoms with Crippen molar-refractivity contribution in [2.45, 2.75) is 6.42 Å². The summed E-state index contributed by atoms with van der Waals surface area (Å²) in [5.74, 6) is 0.933. The van der Waals surface area contributed by atoms with Crippen LogP contribution < -0.4 is 2.81 Å². The van der Waals surface area contributed by atoms with Crippen LogP contribution in [0, 0.1) is 0 Å². The molecule has 1 aromatic carbocycles. The van der Waals surface area contributed by atoms with Gasteiger partial charge in [0.05, 0.1) is 0 Å². The number of hydrogen-bond donors (Lipinski definition) is 0.